The average molecular weight is 310 g/mol. The maximum atomic E-state index is 3.46. The Balaban J connectivity index is 2.71. The lowest BCUT2D eigenvalue weighted by Crippen LogP contribution is -1.79. The van der Waals surface area contributed by atoms with Crippen LogP contribution in [0.2, 0.25) is 0 Å². The number of halogens is 2. The molecule has 12 heavy (non-hydrogen) atoms. The largest absolute Gasteiger partial charge is 0.126 e. The Labute approximate surface area is 94.4 Å². The van der Waals surface area contributed by atoms with E-state index in [2.05, 4.69) is 63.0 Å². The molecule has 0 bridgehead atoms. The second kappa shape index (κ2) is 5.30. The molecule has 0 spiro atoms. The van der Waals surface area contributed by atoms with Gasteiger partial charge in [-0.1, -0.05) is 50.9 Å². The first-order chi connectivity index (χ1) is 5.74. The lowest BCUT2D eigenvalue weighted by molar-refractivity contribution is 1.34. The summed E-state index contributed by atoms with van der Waals surface area (Å²) in [5, 5.41) is 0. The second-order valence-electron chi connectivity index (χ2n) is 2.30. The van der Waals surface area contributed by atoms with Crippen molar-refractivity contribution in [1.82, 2.24) is 0 Å². The lowest BCUT2D eigenvalue weighted by Gasteiger charge is -2.02. The lowest BCUT2D eigenvalue weighted by atomic mass is 10.2. The van der Waals surface area contributed by atoms with E-state index in [1.807, 2.05) is 11.8 Å². The van der Waals surface area contributed by atoms with E-state index < -0.39 is 0 Å². The molecule has 0 saturated heterocycles. The van der Waals surface area contributed by atoms with Crippen molar-refractivity contribution in [3.63, 3.8) is 0 Å². The van der Waals surface area contributed by atoms with Gasteiger partial charge in [-0.05, 0) is 23.4 Å². The first kappa shape index (κ1) is 10.6. The van der Waals surface area contributed by atoms with E-state index in [1.54, 1.807) is 0 Å². The van der Waals surface area contributed by atoms with Crippen LogP contribution in [0.15, 0.2) is 29.2 Å². The fraction of sp³-hybridized carbons (Fsp3) is 0.333. The molecule has 1 rings (SSSR count). The van der Waals surface area contributed by atoms with Crippen molar-refractivity contribution < 1.29 is 0 Å². The standard InChI is InChI=1S/C9H10Br2S/c1-2-12-8-5-3-7(4-6-8)9(10)11/h3-6,9H,2H2,1H3. The summed E-state index contributed by atoms with van der Waals surface area (Å²) in [6.07, 6.45) is 0. The Hall–Kier alpha value is 0.530. The zero-order valence-corrected chi connectivity index (χ0v) is 10.7. The molecule has 0 nitrogen and oxygen atoms in total. The van der Waals surface area contributed by atoms with Gasteiger partial charge < -0.3 is 0 Å². The maximum absolute atomic E-state index is 3.46. The van der Waals surface area contributed by atoms with Crippen molar-refractivity contribution in [3.05, 3.63) is 29.8 Å². The van der Waals surface area contributed by atoms with E-state index in [1.165, 1.54) is 10.5 Å². The van der Waals surface area contributed by atoms with Crippen LogP contribution in [0, 0.1) is 0 Å². The fourth-order valence-electron chi connectivity index (χ4n) is 0.876. The van der Waals surface area contributed by atoms with Crippen LogP contribution in [-0.2, 0) is 0 Å². The fourth-order valence-corrected chi connectivity index (χ4v) is 2.15. The first-order valence-corrected chi connectivity index (χ1v) is 6.56. The Morgan fingerprint density at radius 3 is 2.25 bits per heavy atom. The molecule has 0 aliphatic heterocycles. The number of rotatable bonds is 3. The van der Waals surface area contributed by atoms with Crippen molar-refractivity contribution in [2.45, 2.75) is 15.6 Å². The summed E-state index contributed by atoms with van der Waals surface area (Å²) >= 11 is 8.78. The van der Waals surface area contributed by atoms with Gasteiger partial charge in [0.2, 0.25) is 0 Å². The van der Waals surface area contributed by atoms with Crippen LogP contribution in [0.4, 0.5) is 0 Å². The van der Waals surface area contributed by atoms with E-state index in [4.69, 9.17) is 0 Å². The highest BCUT2D eigenvalue weighted by Crippen LogP contribution is 2.30. The highest BCUT2D eigenvalue weighted by Gasteiger charge is 2.00. The minimum Gasteiger partial charge on any atom is -0.126 e. The van der Waals surface area contributed by atoms with Crippen LogP contribution < -0.4 is 0 Å². The molecule has 0 aliphatic carbocycles. The van der Waals surface area contributed by atoms with Gasteiger partial charge in [0, 0.05) is 4.90 Å². The molecule has 66 valence electrons. The van der Waals surface area contributed by atoms with Gasteiger partial charge in [-0.3, -0.25) is 0 Å². The molecule has 0 N–H and O–H groups in total. The molecule has 1 aromatic rings. The molecule has 3 heteroatoms. The molecule has 0 unspecified atom stereocenters. The van der Waals surface area contributed by atoms with Crippen molar-refractivity contribution in [2.24, 2.45) is 0 Å². The topological polar surface area (TPSA) is 0 Å². The zero-order chi connectivity index (χ0) is 8.97. The van der Waals surface area contributed by atoms with Crippen LogP contribution in [0.5, 0.6) is 0 Å². The summed E-state index contributed by atoms with van der Waals surface area (Å²) in [7, 11) is 0. The van der Waals surface area contributed by atoms with Gasteiger partial charge >= 0.3 is 0 Å². The highest BCUT2D eigenvalue weighted by atomic mass is 79.9. The summed E-state index contributed by atoms with van der Waals surface area (Å²) in [6.45, 7) is 2.16. The number of benzene rings is 1. The highest BCUT2D eigenvalue weighted by molar-refractivity contribution is 9.24. The minimum absolute atomic E-state index is 0.269. The van der Waals surface area contributed by atoms with Gasteiger partial charge in [-0.25, -0.2) is 0 Å². The smallest absolute Gasteiger partial charge is 0.0946 e. The predicted octanol–water partition coefficient (Wildman–Crippen LogP) is 4.59. The third-order valence-electron chi connectivity index (χ3n) is 1.44. The summed E-state index contributed by atoms with van der Waals surface area (Å²) in [5.41, 5.74) is 1.26. The molecular formula is C9H10Br2S. The molecule has 0 saturated carbocycles. The summed E-state index contributed by atoms with van der Waals surface area (Å²) < 4.78 is 0.269. The zero-order valence-electron chi connectivity index (χ0n) is 6.76. The van der Waals surface area contributed by atoms with Crippen molar-refractivity contribution >= 4 is 43.6 Å². The molecular weight excluding hydrogens is 300 g/mol. The van der Waals surface area contributed by atoms with Crippen molar-refractivity contribution in [2.75, 3.05) is 5.75 Å². The van der Waals surface area contributed by atoms with E-state index in [0.29, 0.717) is 0 Å². The van der Waals surface area contributed by atoms with Gasteiger partial charge in [0.05, 0.1) is 3.74 Å². The first-order valence-electron chi connectivity index (χ1n) is 3.75. The van der Waals surface area contributed by atoms with Crippen LogP contribution in [-0.4, -0.2) is 5.75 Å². The van der Waals surface area contributed by atoms with Crippen molar-refractivity contribution in [3.8, 4) is 0 Å². The molecule has 1 aromatic carbocycles. The van der Waals surface area contributed by atoms with E-state index >= 15 is 0 Å². The number of thioether (sulfide) groups is 1. The summed E-state index contributed by atoms with van der Waals surface area (Å²) in [6, 6.07) is 8.57. The van der Waals surface area contributed by atoms with E-state index in [0.717, 1.165) is 5.75 Å². The van der Waals surface area contributed by atoms with E-state index in [-0.39, 0.29) is 3.74 Å². The Morgan fingerprint density at radius 1 is 1.25 bits per heavy atom. The van der Waals surface area contributed by atoms with Gasteiger partial charge in [0.25, 0.3) is 0 Å². The molecule has 0 aromatic heterocycles. The maximum Gasteiger partial charge on any atom is 0.0946 e. The number of hydrogen-bond donors (Lipinski definition) is 0. The molecule has 0 amide bonds. The van der Waals surface area contributed by atoms with Crippen molar-refractivity contribution in [1.29, 1.82) is 0 Å². The normalized spacial score (nSPS) is 10.7. The molecule has 0 heterocycles. The van der Waals surface area contributed by atoms with Crippen LogP contribution in [0.25, 0.3) is 0 Å². The van der Waals surface area contributed by atoms with E-state index in [9.17, 15) is 0 Å². The Kier molecular flexibility index (Phi) is 4.69. The Morgan fingerprint density at radius 2 is 1.83 bits per heavy atom. The monoisotopic (exact) mass is 308 g/mol. The third-order valence-corrected chi connectivity index (χ3v) is 3.39. The van der Waals surface area contributed by atoms with Gasteiger partial charge in [-0.15, -0.1) is 11.8 Å². The van der Waals surface area contributed by atoms with Crippen LogP contribution >= 0.6 is 43.6 Å². The third kappa shape index (κ3) is 3.11. The molecule has 0 fully saturated rings. The second-order valence-corrected chi connectivity index (χ2v) is 6.70. The van der Waals surface area contributed by atoms with Gasteiger partial charge in [-0.2, -0.15) is 0 Å². The van der Waals surface area contributed by atoms with Crippen LogP contribution in [0.1, 0.15) is 16.2 Å². The number of hydrogen-bond acceptors (Lipinski definition) is 1. The van der Waals surface area contributed by atoms with Crippen LogP contribution in [0.3, 0.4) is 0 Å². The number of alkyl halides is 2. The van der Waals surface area contributed by atoms with Gasteiger partial charge in [0.15, 0.2) is 0 Å². The SMILES string of the molecule is CCSc1ccc(C(Br)Br)cc1. The predicted molar refractivity (Wildman–Crippen MR) is 63.4 cm³/mol. The Bertz CT molecular complexity index is 231. The summed E-state index contributed by atoms with van der Waals surface area (Å²) in [4.78, 5) is 1.34. The molecule has 0 atom stereocenters. The van der Waals surface area contributed by atoms with Gasteiger partial charge in [0.1, 0.15) is 0 Å². The minimum atomic E-state index is 0.269. The summed E-state index contributed by atoms with van der Waals surface area (Å²) in [5.74, 6) is 1.13. The average Bonchev–Trinajstić information content (AvgIpc) is 2.06. The molecule has 0 aliphatic rings. The quantitative estimate of drug-likeness (QED) is 0.581. The molecule has 0 radical (unpaired) electrons.